The molecule has 158 valence electrons. The zero-order valence-corrected chi connectivity index (χ0v) is 18.0. The molecule has 5 heteroatoms. The average molecular weight is 407 g/mol. The van der Waals surface area contributed by atoms with Gasteiger partial charge in [-0.15, -0.1) is 0 Å². The molecule has 1 saturated heterocycles. The number of hydrogen-bond acceptors (Lipinski definition) is 2. The lowest BCUT2D eigenvalue weighted by Crippen LogP contribution is -3.15. The lowest BCUT2D eigenvalue weighted by Gasteiger charge is -2.31. The lowest BCUT2D eigenvalue weighted by atomic mass is 10.1. The zero-order valence-electron chi connectivity index (χ0n) is 18.0. The first-order valence-electron chi connectivity index (χ1n) is 10.9. The minimum Gasteiger partial charge on any atom is -0.328 e. The molecule has 2 N–H and O–H groups in total. The quantitative estimate of drug-likeness (QED) is 0.693. The Kier molecular flexibility index (Phi) is 7.80. The van der Waals surface area contributed by atoms with Crippen molar-refractivity contribution < 1.29 is 14.5 Å². The highest BCUT2D eigenvalue weighted by Crippen LogP contribution is 2.14. The van der Waals surface area contributed by atoms with Gasteiger partial charge in [0.25, 0.3) is 5.91 Å². The maximum atomic E-state index is 12.5. The van der Waals surface area contributed by atoms with E-state index in [1.807, 2.05) is 47.4 Å². The van der Waals surface area contributed by atoms with Gasteiger partial charge in [0.05, 0.1) is 26.2 Å². The summed E-state index contributed by atoms with van der Waals surface area (Å²) in [6.07, 6.45) is 5.43. The lowest BCUT2D eigenvalue weighted by molar-refractivity contribution is -0.895. The van der Waals surface area contributed by atoms with Gasteiger partial charge in [-0.3, -0.25) is 9.59 Å². The topological polar surface area (TPSA) is 53.9 Å². The SMILES string of the molecule is CCc1ccc(/C=C/C(=O)N2CC[NH+](CC(=O)Nc3ccccc3CC)CC2)cc1. The molecule has 3 rings (SSSR count). The van der Waals surface area contributed by atoms with Crippen molar-refractivity contribution >= 4 is 23.6 Å². The summed E-state index contributed by atoms with van der Waals surface area (Å²) in [4.78, 5) is 28.0. The normalized spacial score (nSPS) is 14.8. The van der Waals surface area contributed by atoms with Gasteiger partial charge in [0.15, 0.2) is 6.54 Å². The highest BCUT2D eigenvalue weighted by Gasteiger charge is 2.24. The minimum absolute atomic E-state index is 0.0288. The number of para-hydroxylation sites is 1. The van der Waals surface area contributed by atoms with E-state index in [0.29, 0.717) is 19.6 Å². The molecular formula is C25H32N3O2+. The summed E-state index contributed by atoms with van der Waals surface area (Å²) in [5, 5.41) is 3.04. The van der Waals surface area contributed by atoms with E-state index in [1.54, 1.807) is 6.08 Å². The number of anilines is 1. The second-order valence-electron chi connectivity index (χ2n) is 7.74. The van der Waals surface area contributed by atoms with Crippen molar-refractivity contribution in [1.29, 1.82) is 0 Å². The van der Waals surface area contributed by atoms with E-state index in [-0.39, 0.29) is 11.8 Å². The molecule has 0 unspecified atom stereocenters. The summed E-state index contributed by atoms with van der Waals surface area (Å²) < 4.78 is 0. The molecule has 1 heterocycles. The second kappa shape index (κ2) is 10.7. The van der Waals surface area contributed by atoms with Crippen LogP contribution in [0.2, 0.25) is 0 Å². The number of aryl methyl sites for hydroxylation is 2. The predicted molar refractivity (Wildman–Crippen MR) is 121 cm³/mol. The number of carbonyl (C=O) groups excluding carboxylic acids is 2. The third-order valence-electron chi connectivity index (χ3n) is 5.67. The van der Waals surface area contributed by atoms with Crippen LogP contribution in [-0.4, -0.2) is 49.4 Å². The molecule has 2 amide bonds. The first kappa shape index (κ1) is 21.8. The first-order chi connectivity index (χ1) is 14.6. The molecule has 1 aliphatic heterocycles. The van der Waals surface area contributed by atoms with Gasteiger partial charge in [0, 0.05) is 11.8 Å². The monoisotopic (exact) mass is 406 g/mol. The maximum absolute atomic E-state index is 12.5. The summed E-state index contributed by atoms with van der Waals surface area (Å²) >= 11 is 0. The van der Waals surface area contributed by atoms with E-state index in [4.69, 9.17) is 0 Å². The van der Waals surface area contributed by atoms with E-state index < -0.39 is 0 Å². The van der Waals surface area contributed by atoms with Crippen molar-refractivity contribution in [2.45, 2.75) is 26.7 Å². The van der Waals surface area contributed by atoms with Gasteiger partial charge in [0.2, 0.25) is 5.91 Å². The van der Waals surface area contributed by atoms with Crippen LogP contribution in [0.3, 0.4) is 0 Å². The smallest absolute Gasteiger partial charge is 0.279 e. The fraction of sp³-hybridized carbons (Fsp3) is 0.360. The van der Waals surface area contributed by atoms with Crippen LogP contribution < -0.4 is 10.2 Å². The Bertz CT molecular complexity index is 882. The van der Waals surface area contributed by atoms with Crippen molar-refractivity contribution in [3.8, 4) is 0 Å². The first-order valence-corrected chi connectivity index (χ1v) is 10.9. The molecule has 0 saturated carbocycles. The summed E-state index contributed by atoms with van der Waals surface area (Å²) in [5.74, 6) is 0.0658. The summed E-state index contributed by atoms with van der Waals surface area (Å²) in [7, 11) is 0. The van der Waals surface area contributed by atoms with Gasteiger partial charge in [-0.05, 0) is 41.7 Å². The second-order valence-corrected chi connectivity index (χ2v) is 7.74. The van der Waals surface area contributed by atoms with Crippen LogP contribution in [0.25, 0.3) is 6.08 Å². The van der Waals surface area contributed by atoms with Crippen LogP contribution in [0.15, 0.2) is 54.6 Å². The third-order valence-corrected chi connectivity index (χ3v) is 5.67. The van der Waals surface area contributed by atoms with E-state index in [2.05, 4.69) is 31.3 Å². The van der Waals surface area contributed by atoms with Gasteiger partial charge in [-0.2, -0.15) is 0 Å². The number of rotatable bonds is 7. The molecule has 2 aromatic rings. The molecule has 2 aromatic carbocycles. The largest absolute Gasteiger partial charge is 0.328 e. The molecule has 0 spiro atoms. The predicted octanol–water partition coefficient (Wildman–Crippen LogP) is 2.19. The van der Waals surface area contributed by atoms with Crippen molar-refractivity contribution in [3.05, 3.63) is 71.3 Å². The van der Waals surface area contributed by atoms with E-state index in [0.717, 1.165) is 42.7 Å². The highest BCUT2D eigenvalue weighted by molar-refractivity contribution is 5.92. The fourth-order valence-electron chi connectivity index (χ4n) is 3.73. The Hall–Kier alpha value is -2.92. The van der Waals surface area contributed by atoms with Gasteiger partial charge in [-0.25, -0.2) is 0 Å². The van der Waals surface area contributed by atoms with Crippen LogP contribution in [0.4, 0.5) is 5.69 Å². The van der Waals surface area contributed by atoms with Crippen LogP contribution in [0.1, 0.15) is 30.5 Å². The molecular weight excluding hydrogens is 374 g/mol. The van der Waals surface area contributed by atoms with Crippen molar-refractivity contribution in [3.63, 3.8) is 0 Å². The standard InChI is InChI=1S/C25H31N3O2/c1-3-20-9-11-21(12-10-20)13-14-25(30)28-17-15-27(16-18-28)19-24(29)26-23-8-6-5-7-22(23)4-2/h5-14H,3-4,15-19H2,1-2H3,(H,26,29)/p+1/b14-13+. The molecule has 1 aliphatic rings. The highest BCUT2D eigenvalue weighted by atomic mass is 16.2. The van der Waals surface area contributed by atoms with Gasteiger partial charge >= 0.3 is 0 Å². The average Bonchev–Trinajstić information content (AvgIpc) is 2.78. The van der Waals surface area contributed by atoms with E-state index in [1.165, 1.54) is 10.5 Å². The van der Waals surface area contributed by atoms with Crippen molar-refractivity contribution in [2.75, 3.05) is 38.0 Å². The Morgan fingerprint density at radius 3 is 2.37 bits per heavy atom. The Labute approximate surface area is 179 Å². The Morgan fingerprint density at radius 2 is 1.70 bits per heavy atom. The Balaban J connectivity index is 1.45. The molecule has 0 atom stereocenters. The molecule has 0 aromatic heterocycles. The zero-order chi connectivity index (χ0) is 21.3. The number of nitrogens with one attached hydrogen (secondary N) is 2. The van der Waals surface area contributed by atoms with Crippen LogP contribution in [0, 0.1) is 0 Å². The van der Waals surface area contributed by atoms with Gasteiger partial charge < -0.3 is 15.1 Å². The van der Waals surface area contributed by atoms with Crippen LogP contribution in [0.5, 0.6) is 0 Å². The van der Waals surface area contributed by atoms with Crippen LogP contribution >= 0.6 is 0 Å². The minimum atomic E-state index is 0.0288. The van der Waals surface area contributed by atoms with Crippen molar-refractivity contribution in [1.82, 2.24) is 4.90 Å². The molecule has 0 bridgehead atoms. The number of nitrogens with zero attached hydrogens (tertiary/aromatic N) is 1. The summed E-state index contributed by atoms with van der Waals surface area (Å²) in [5.41, 5.74) is 4.37. The molecule has 1 fully saturated rings. The van der Waals surface area contributed by atoms with Crippen LogP contribution in [-0.2, 0) is 22.4 Å². The number of benzene rings is 2. The van der Waals surface area contributed by atoms with Gasteiger partial charge in [0.1, 0.15) is 0 Å². The molecule has 30 heavy (non-hydrogen) atoms. The molecule has 5 nitrogen and oxygen atoms in total. The van der Waals surface area contributed by atoms with Crippen molar-refractivity contribution in [2.24, 2.45) is 0 Å². The number of piperazine rings is 1. The van der Waals surface area contributed by atoms with E-state index >= 15 is 0 Å². The summed E-state index contributed by atoms with van der Waals surface area (Å²) in [6.45, 7) is 7.56. The number of amides is 2. The summed E-state index contributed by atoms with van der Waals surface area (Å²) in [6, 6.07) is 16.2. The number of hydrogen-bond donors (Lipinski definition) is 2. The van der Waals surface area contributed by atoms with Gasteiger partial charge in [-0.1, -0.05) is 56.3 Å². The molecule has 0 aliphatic carbocycles. The fourth-order valence-corrected chi connectivity index (χ4v) is 3.73. The number of quaternary nitrogens is 1. The maximum Gasteiger partial charge on any atom is 0.279 e. The van der Waals surface area contributed by atoms with E-state index in [9.17, 15) is 9.59 Å². The number of carbonyl (C=O) groups is 2. The third kappa shape index (κ3) is 6.04. The molecule has 0 radical (unpaired) electrons. The Morgan fingerprint density at radius 1 is 1.00 bits per heavy atom.